The molecule has 1 aromatic carbocycles. The minimum atomic E-state index is 0.561. The van der Waals surface area contributed by atoms with Crippen molar-refractivity contribution in [3.05, 3.63) is 35.9 Å². The van der Waals surface area contributed by atoms with Crippen LogP contribution in [0.3, 0.4) is 0 Å². The van der Waals surface area contributed by atoms with Crippen molar-refractivity contribution in [2.45, 2.75) is 39.2 Å². The Hall–Kier alpha value is -1.31. The van der Waals surface area contributed by atoms with Gasteiger partial charge in [0.1, 0.15) is 6.61 Å². The van der Waals surface area contributed by atoms with Gasteiger partial charge < -0.3 is 4.84 Å². The highest BCUT2D eigenvalue weighted by molar-refractivity contribution is 5.56. The Morgan fingerprint density at radius 1 is 1.20 bits per heavy atom. The van der Waals surface area contributed by atoms with Crippen molar-refractivity contribution in [3.8, 4) is 0 Å². The van der Waals surface area contributed by atoms with E-state index >= 15 is 0 Å². The summed E-state index contributed by atoms with van der Waals surface area (Å²) in [5.41, 5.74) is 1.16. The molecule has 0 aliphatic carbocycles. The number of unbranched alkanes of at least 4 members (excludes halogenated alkanes) is 3. The third kappa shape index (κ3) is 5.89. The van der Waals surface area contributed by atoms with Crippen molar-refractivity contribution in [2.24, 2.45) is 5.16 Å². The van der Waals surface area contributed by atoms with Crippen molar-refractivity contribution < 1.29 is 4.84 Å². The topological polar surface area (TPSA) is 21.6 Å². The molecule has 0 N–H and O–H groups in total. The van der Waals surface area contributed by atoms with Gasteiger partial charge >= 0.3 is 0 Å². The van der Waals surface area contributed by atoms with Crippen molar-refractivity contribution in [1.29, 1.82) is 0 Å². The van der Waals surface area contributed by atoms with E-state index in [0.29, 0.717) is 6.61 Å². The fraction of sp³-hybridized carbons (Fsp3) is 0.462. The molecule has 0 amide bonds. The van der Waals surface area contributed by atoms with Crippen molar-refractivity contribution in [2.75, 3.05) is 0 Å². The highest BCUT2D eigenvalue weighted by Crippen LogP contribution is 2.01. The Kier molecular flexibility index (Phi) is 6.30. The van der Waals surface area contributed by atoms with Crippen LogP contribution in [-0.2, 0) is 11.4 Å². The Morgan fingerprint density at radius 2 is 2.00 bits per heavy atom. The molecule has 0 aliphatic rings. The van der Waals surface area contributed by atoms with Crippen LogP contribution in [0, 0.1) is 0 Å². The minimum absolute atomic E-state index is 0.561. The van der Waals surface area contributed by atoms with Gasteiger partial charge in [0.15, 0.2) is 0 Å². The molecule has 1 rings (SSSR count). The van der Waals surface area contributed by atoms with E-state index in [0.717, 1.165) is 12.0 Å². The third-order valence-electron chi connectivity index (χ3n) is 2.16. The van der Waals surface area contributed by atoms with E-state index < -0.39 is 0 Å². The maximum absolute atomic E-state index is 5.17. The first-order valence-electron chi connectivity index (χ1n) is 5.61. The fourth-order valence-electron chi connectivity index (χ4n) is 1.28. The molecular weight excluding hydrogens is 186 g/mol. The van der Waals surface area contributed by atoms with Crippen LogP contribution in [-0.4, -0.2) is 6.21 Å². The van der Waals surface area contributed by atoms with Crippen molar-refractivity contribution in [1.82, 2.24) is 0 Å². The van der Waals surface area contributed by atoms with Gasteiger partial charge in [0.05, 0.1) is 0 Å². The summed E-state index contributed by atoms with van der Waals surface area (Å²) in [5.74, 6) is 0. The van der Waals surface area contributed by atoms with Gasteiger partial charge in [-0.2, -0.15) is 0 Å². The quantitative estimate of drug-likeness (QED) is 0.377. The lowest BCUT2D eigenvalue weighted by atomic mass is 10.2. The number of hydrogen-bond donors (Lipinski definition) is 0. The van der Waals surface area contributed by atoms with Gasteiger partial charge in [-0.25, -0.2) is 0 Å². The first kappa shape index (κ1) is 11.8. The number of oxime groups is 1. The predicted molar refractivity (Wildman–Crippen MR) is 63.9 cm³/mol. The zero-order valence-corrected chi connectivity index (χ0v) is 9.36. The van der Waals surface area contributed by atoms with Gasteiger partial charge in [-0.05, 0) is 18.4 Å². The lowest BCUT2D eigenvalue weighted by Gasteiger charge is -1.98. The highest BCUT2D eigenvalue weighted by Gasteiger charge is 1.88. The summed E-state index contributed by atoms with van der Waals surface area (Å²) in [6, 6.07) is 10.1. The Balaban J connectivity index is 2.06. The first-order chi connectivity index (χ1) is 7.43. The largest absolute Gasteiger partial charge is 0.391 e. The number of hydrogen-bond acceptors (Lipinski definition) is 2. The summed E-state index contributed by atoms with van der Waals surface area (Å²) in [6.45, 7) is 2.76. The van der Waals surface area contributed by atoms with Crippen LogP contribution in [0.25, 0.3) is 0 Å². The molecule has 0 unspecified atom stereocenters. The van der Waals surface area contributed by atoms with Crippen LogP contribution >= 0.6 is 0 Å². The fourth-order valence-corrected chi connectivity index (χ4v) is 1.28. The summed E-state index contributed by atoms with van der Waals surface area (Å²) in [4.78, 5) is 5.17. The summed E-state index contributed by atoms with van der Waals surface area (Å²) in [5, 5.41) is 3.91. The van der Waals surface area contributed by atoms with Crippen LogP contribution in [0.4, 0.5) is 0 Å². The minimum Gasteiger partial charge on any atom is -0.391 e. The summed E-state index contributed by atoms with van der Waals surface area (Å²) in [7, 11) is 0. The Labute approximate surface area is 91.9 Å². The second-order valence-electron chi connectivity index (χ2n) is 3.54. The molecule has 0 saturated heterocycles. The summed E-state index contributed by atoms with van der Waals surface area (Å²) in [6.07, 6.45) is 6.60. The lowest BCUT2D eigenvalue weighted by Crippen LogP contribution is -1.86. The average molecular weight is 205 g/mol. The average Bonchev–Trinajstić information content (AvgIpc) is 2.29. The molecule has 1 aromatic rings. The highest BCUT2D eigenvalue weighted by atomic mass is 16.6. The summed E-state index contributed by atoms with van der Waals surface area (Å²) < 4.78 is 0. The lowest BCUT2D eigenvalue weighted by molar-refractivity contribution is 0.131. The number of nitrogens with zero attached hydrogens (tertiary/aromatic N) is 1. The molecule has 0 radical (unpaired) electrons. The van der Waals surface area contributed by atoms with Crippen LogP contribution in [0.15, 0.2) is 35.5 Å². The molecule has 0 aromatic heterocycles. The molecule has 2 nitrogen and oxygen atoms in total. The van der Waals surface area contributed by atoms with Crippen molar-refractivity contribution >= 4 is 6.21 Å². The molecule has 0 spiro atoms. The maximum Gasteiger partial charge on any atom is 0.142 e. The molecular formula is C13H19NO. The van der Waals surface area contributed by atoms with Gasteiger partial charge in [-0.15, -0.1) is 0 Å². The smallest absolute Gasteiger partial charge is 0.142 e. The second-order valence-corrected chi connectivity index (χ2v) is 3.54. The monoisotopic (exact) mass is 205 g/mol. The molecule has 0 saturated carbocycles. The zero-order chi connectivity index (χ0) is 10.8. The third-order valence-corrected chi connectivity index (χ3v) is 2.16. The molecule has 0 heterocycles. The van der Waals surface area contributed by atoms with Crippen LogP contribution in [0.1, 0.15) is 38.2 Å². The van der Waals surface area contributed by atoms with E-state index in [1.54, 1.807) is 0 Å². The molecule has 2 heteroatoms. The molecule has 0 fully saturated rings. The van der Waals surface area contributed by atoms with E-state index in [1.807, 2.05) is 36.5 Å². The van der Waals surface area contributed by atoms with E-state index in [2.05, 4.69) is 12.1 Å². The Morgan fingerprint density at radius 3 is 2.73 bits per heavy atom. The zero-order valence-electron chi connectivity index (χ0n) is 9.36. The van der Waals surface area contributed by atoms with E-state index in [-0.39, 0.29) is 0 Å². The van der Waals surface area contributed by atoms with Crippen molar-refractivity contribution in [3.63, 3.8) is 0 Å². The van der Waals surface area contributed by atoms with Gasteiger partial charge in [-0.3, -0.25) is 0 Å². The standard InChI is InChI=1S/C13H19NO/c1-2-3-4-8-11-14-15-12-13-9-6-5-7-10-13/h5-7,9-11H,2-4,8,12H2,1H3. The van der Waals surface area contributed by atoms with Gasteiger partial charge in [0.25, 0.3) is 0 Å². The maximum atomic E-state index is 5.17. The summed E-state index contributed by atoms with van der Waals surface area (Å²) >= 11 is 0. The molecule has 15 heavy (non-hydrogen) atoms. The normalized spacial score (nSPS) is 10.7. The SMILES string of the molecule is CCCCCC=NOCc1ccccc1. The van der Waals surface area contributed by atoms with Gasteiger partial charge in [0.2, 0.25) is 0 Å². The van der Waals surface area contributed by atoms with E-state index in [9.17, 15) is 0 Å². The van der Waals surface area contributed by atoms with Crippen LogP contribution in [0.5, 0.6) is 0 Å². The molecule has 82 valence electrons. The van der Waals surface area contributed by atoms with Gasteiger partial charge in [-0.1, -0.05) is 55.3 Å². The number of rotatable bonds is 7. The molecule has 0 bridgehead atoms. The van der Waals surface area contributed by atoms with Crippen LogP contribution in [0.2, 0.25) is 0 Å². The van der Waals surface area contributed by atoms with Crippen LogP contribution < -0.4 is 0 Å². The number of benzene rings is 1. The van der Waals surface area contributed by atoms with Gasteiger partial charge in [0, 0.05) is 6.21 Å². The Bertz CT molecular complexity index is 269. The second kappa shape index (κ2) is 8.04. The van der Waals surface area contributed by atoms with E-state index in [4.69, 9.17) is 4.84 Å². The molecule has 0 atom stereocenters. The predicted octanol–water partition coefficient (Wildman–Crippen LogP) is 3.77. The van der Waals surface area contributed by atoms with E-state index in [1.165, 1.54) is 19.3 Å². The molecule has 0 aliphatic heterocycles. The first-order valence-corrected chi connectivity index (χ1v) is 5.61.